The topological polar surface area (TPSA) is 103 Å². The Morgan fingerprint density at radius 3 is 2.60 bits per heavy atom. The highest BCUT2D eigenvalue weighted by atomic mass is 16.4. The average Bonchev–Trinajstić information content (AvgIpc) is 3.39. The van der Waals surface area contributed by atoms with E-state index in [0.29, 0.717) is 19.0 Å². The molecule has 2 N–H and O–H groups in total. The van der Waals surface area contributed by atoms with Gasteiger partial charge in [-0.3, -0.25) is 14.5 Å². The van der Waals surface area contributed by atoms with Crippen molar-refractivity contribution in [3.63, 3.8) is 0 Å². The van der Waals surface area contributed by atoms with Gasteiger partial charge in [0.15, 0.2) is 11.4 Å². The molecule has 0 spiro atoms. The first-order valence-electron chi connectivity index (χ1n) is 8.72. The van der Waals surface area contributed by atoms with Crippen molar-refractivity contribution in [2.24, 2.45) is 5.92 Å². The lowest BCUT2D eigenvalue weighted by Crippen LogP contribution is -2.56. The number of nitrogens with zero attached hydrogens (tertiary/aromatic N) is 3. The van der Waals surface area contributed by atoms with Crippen LogP contribution in [0.3, 0.4) is 0 Å². The quantitative estimate of drug-likeness (QED) is 0.827. The van der Waals surface area contributed by atoms with E-state index in [-0.39, 0.29) is 11.9 Å². The third-order valence-corrected chi connectivity index (χ3v) is 5.38. The van der Waals surface area contributed by atoms with Gasteiger partial charge in [-0.25, -0.2) is 4.79 Å². The largest absolute Gasteiger partial charge is 0.503 e. The second-order valence-corrected chi connectivity index (χ2v) is 7.15. The number of amides is 1. The molecule has 2 fully saturated rings. The third kappa shape index (κ3) is 2.70. The smallest absolute Gasteiger partial charge is 0.341 e. The Labute approximate surface area is 144 Å². The lowest BCUT2D eigenvalue weighted by atomic mass is 10.1. The monoisotopic (exact) mass is 347 g/mol. The van der Waals surface area contributed by atoms with Crippen LogP contribution < -0.4 is 5.43 Å². The summed E-state index contributed by atoms with van der Waals surface area (Å²) in [7, 11) is 0. The van der Waals surface area contributed by atoms with Crippen LogP contribution in [0.5, 0.6) is 5.75 Å². The first-order valence-corrected chi connectivity index (χ1v) is 8.72. The maximum atomic E-state index is 12.9. The molecule has 1 amide bonds. The fourth-order valence-corrected chi connectivity index (χ4v) is 3.87. The molecule has 1 aromatic rings. The van der Waals surface area contributed by atoms with Crippen LogP contribution in [0.4, 0.5) is 0 Å². The number of carbonyl (C=O) groups excluding carboxylic acids is 1. The van der Waals surface area contributed by atoms with Crippen molar-refractivity contribution >= 4 is 11.9 Å². The number of rotatable bonds is 3. The summed E-state index contributed by atoms with van der Waals surface area (Å²) in [6.07, 6.45) is 5.32. The third-order valence-electron chi connectivity index (χ3n) is 5.38. The lowest BCUT2D eigenvalue weighted by Gasteiger charge is -2.42. The number of hydrogen-bond acceptors (Lipinski definition) is 5. The molecule has 4 rings (SSSR count). The zero-order chi connectivity index (χ0) is 17.7. The SMILES string of the molecule is O=C(O)c1cn2c(c(O)c1=O)C(=O)N1CCCCN(CC3CC3)C1C2. The molecular weight excluding hydrogens is 326 g/mol. The predicted octanol–water partition coefficient (Wildman–Crippen LogP) is 0.540. The molecule has 2 aliphatic heterocycles. The summed E-state index contributed by atoms with van der Waals surface area (Å²) in [6, 6.07) is 0. The van der Waals surface area contributed by atoms with Crippen LogP contribution in [-0.2, 0) is 6.54 Å². The van der Waals surface area contributed by atoms with Crippen LogP contribution >= 0.6 is 0 Å². The molecule has 1 unspecified atom stereocenters. The van der Waals surface area contributed by atoms with Crippen molar-refractivity contribution in [1.82, 2.24) is 14.4 Å². The number of aromatic hydroxyl groups is 1. The number of hydrogen-bond donors (Lipinski definition) is 2. The summed E-state index contributed by atoms with van der Waals surface area (Å²) in [5.74, 6) is -1.89. The van der Waals surface area contributed by atoms with Crippen molar-refractivity contribution in [2.75, 3.05) is 19.6 Å². The van der Waals surface area contributed by atoms with Gasteiger partial charge in [0.1, 0.15) is 11.7 Å². The summed E-state index contributed by atoms with van der Waals surface area (Å²) in [6.45, 7) is 2.78. The maximum absolute atomic E-state index is 12.9. The number of carboxylic acids is 1. The molecule has 8 heteroatoms. The van der Waals surface area contributed by atoms with Gasteiger partial charge in [-0.2, -0.15) is 0 Å². The molecule has 1 atom stereocenters. The standard InChI is InChI=1S/C17H21N3O5/c21-14-11(17(24)25)8-19-9-12-18(7-10-3-4-10)5-1-2-6-20(12)16(23)13(19)15(14)22/h8,10,12,22H,1-7,9H2,(H,24,25). The number of aromatic carboxylic acids is 1. The molecule has 0 aromatic carbocycles. The molecule has 25 heavy (non-hydrogen) atoms. The van der Waals surface area contributed by atoms with E-state index >= 15 is 0 Å². The molecule has 8 nitrogen and oxygen atoms in total. The van der Waals surface area contributed by atoms with E-state index in [1.807, 2.05) is 0 Å². The second kappa shape index (κ2) is 5.87. The first kappa shape index (κ1) is 16.1. The Morgan fingerprint density at radius 1 is 1.20 bits per heavy atom. The highest BCUT2D eigenvalue weighted by Gasteiger charge is 2.40. The van der Waals surface area contributed by atoms with Gasteiger partial charge in [0, 0.05) is 25.8 Å². The van der Waals surface area contributed by atoms with E-state index in [1.54, 1.807) is 4.90 Å². The summed E-state index contributed by atoms with van der Waals surface area (Å²) in [4.78, 5) is 40.3. The van der Waals surface area contributed by atoms with Crippen LogP contribution in [0.1, 0.15) is 46.5 Å². The Morgan fingerprint density at radius 2 is 1.92 bits per heavy atom. The zero-order valence-corrected chi connectivity index (χ0v) is 13.8. The summed E-state index contributed by atoms with van der Waals surface area (Å²) in [5, 5.41) is 19.4. The van der Waals surface area contributed by atoms with Crippen LogP contribution in [0, 0.1) is 5.92 Å². The number of pyridine rings is 1. The molecule has 0 radical (unpaired) electrons. The number of fused-ring (bicyclic) bond motifs is 2. The number of aromatic nitrogens is 1. The van der Waals surface area contributed by atoms with E-state index in [4.69, 9.17) is 0 Å². The first-order chi connectivity index (χ1) is 12.0. The van der Waals surface area contributed by atoms with E-state index in [0.717, 1.165) is 25.9 Å². The van der Waals surface area contributed by atoms with Crippen molar-refractivity contribution in [3.05, 3.63) is 27.7 Å². The van der Waals surface area contributed by atoms with Gasteiger partial charge >= 0.3 is 5.97 Å². The molecule has 0 bridgehead atoms. The van der Waals surface area contributed by atoms with Gasteiger partial charge in [0.05, 0.1) is 6.54 Å². The summed E-state index contributed by atoms with van der Waals surface area (Å²) in [5.41, 5.74) is -1.61. The van der Waals surface area contributed by atoms with Crippen molar-refractivity contribution < 1.29 is 19.8 Å². The highest BCUT2D eigenvalue weighted by molar-refractivity contribution is 5.97. The second-order valence-electron chi connectivity index (χ2n) is 7.15. The minimum atomic E-state index is -1.40. The molecule has 134 valence electrons. The molecule has 1 saturated heterocycles. The average molecular weight is 347 g/mol. The molecule has 3 aliphatic rings. The van der Waals surface area contributed by atoms with E-state index < -0.39 is 28.6 Å². The zero-order valence-electron chi connectivity index (χ0n) is 13.8. The Balaban J connectivity index is 1.77. The fraction of sp³-hybridized carbons (Fsp3) is 0.588. The van der Waals surface area contributed by atoms with Crippen LogP contribution in [-0.4, -0.2) is 62.3 Å². The van der Waals surface area contributed by atoms with Gasteiger partial charge in [-0.15, -0.1) is 0 Å². The van der Waals surface area contributed by atoms with Crippen LogP contribution in [0.15, 0.2) is 11.0 Å². The van der Waals surface area contributed by atoms with Crippen molar-refractivity contribution in [3.8, 4) is 5.75 Å². The van der Waals surface area contributed by atoms with E-state index in [9.17, 15) is 24.6 Å². The minimum Gasteiger partial charge on any atom is -0.503 e. The van der Waals surface area contributed by atoms with E-state index in [1.165, 1.54) is 23.6 Å². The molecular formula is C17H21N3O5. The number of carbonyl (C=O) groups is 2. The van der Waals surface area contributed by atoms with E-state index in [2.05, 4.69) is 4.90 Å². The molecule has 1 aliphatic carbocycles. The van der Waals surface area contributed by atoms with Crippen LogP contribution in [0.25, 0.3) is 0 Å². The predicted molar refractivity (Wildman–Crippen MR) is 87.7 cm³/mol. The normalized spacial score (nSPS) is 23.8. The lowest BCUT2D eigenvalue weighted by molar-refractivity contribution is 0.0204. The molecule has 1 aromatic heterocycles. The van der Waals surface area contributed by atoms with Gasteiger partial charge in [0.25, 0.3) is 5.91 Å². The van der Waals surface area contributed by atoms with Gasteiger partial charge in [-0.1, -0.05) is 0 Å². The Bertz CT molecular complexity index is 798. The molecule has 3 heterocycles. The highest BCUT2D eigenvalue weighted by Crippen LogP contribution is 2.33. The van der Waals surface area contributed by atoms with Gasteiger partial charge in [-0.05, 0) is 31.6 Å². The Hall–Kier alpha value is -2.35. The van der Waals surface area contributed by atoms with Gasteiger partial charge in [0.2, 0.25) is 5.43 Å². The van der Waals surface area contributed by atoms with Crippen LogP contribution in [0.2, 0.25) is 0 Å². The van der Waals surface area contributed by atoms with Gasteiger partial charge < -0.3 is 19.7 Å². The summed E-state index contributed by atoms with van der Waals surface area (Å²) < 4.78 is 1.44. The van der Waals surface area contributed by atoms with Crippen molar-refractivity contribution in [1.29, 1.82) is 0 Å². The fourth-order valence-electron chi connectivity index (χ4n) is 3.87. The number of carboxylic acid groups (broad SMARTS) is 1. The Kier molecular flexibility index (Phi) is 3.79. The van der Waals surface area contributed by atoms with Crippen molar-refractivity contribution in [2.45, 2.75) is 38.4 Å². The minimum absolute atomic E-state index is 0.0977. The molecule has 1 saturated carbocycles. The maximum Gasteiger partial charge on any atom is 0.341 e. The summed E-state index contributed by atoms with van der Waals surface area (Å²) >= 11 is 0.